The highest BCUT2D eigenvalue weighted by molar-refractivity contribution is 5.53. The largest absolute Gasteiger partial charge is 0.370 e. The molecule has 0 radical (unpaired) electrons. The number of nitriles is 1. The van der Waals surface area contributed by atoms with Gasteiger partial charge in [-0.15, -0.1) is 0 Å². The van der Waals surface area contributed by atoms with Gasteiger partial charge in [-0.25, -0.2) is 0 Å². The van der Waals surface area contributed by atoms with E-state index in [1.807, 2.05) is 0 Å². The Morgan fingerprint density at radius 1 is 1.31 bits per heavy atom. The molecule has 0 saturated carbocycles. The Kier molecular flexibility index (Phi) is 4.37. The van der Waals surface area contributed by atoms with E-state index in [9.17, 15) is 0 Å². The molecule has 0 aromatic heterocycles. The summed E-state index contributed by atoms with van der Waals surface area (Å²) in [6.45, 7) is 8.41. The fourth-order valence-electron chi connectivity index (χ4n) is 1.78. The van der Waals surface area contributed by atoms with E-state index in [2.05, 4.69) is 57.3 Å². The normalized spacial score (nSPS) is 12.2. The number of nitrogens with zero attached hydrogens (tertiary/aromatic N) is 1. The Morgan fingerprint density at radius 2 is 2.00 bits per heavy atom. The van der Waals surface area contributed by atoms with E-state index >= 15 is 0 Å². The first-order chi connectivity index (χ1) is 7.52. The third-order valence-corrected chi connectivity index (χ3v) is 2.57. The highest BCUT2D eigenvalue weighted by atomic mass is 14.9. The van der Waals surface area contributed by atoms with Crippen LogP contribution in [0.4, 0.5) is 5.69 Å². The molecule has 0 aliphatic carbocycles. The molecule has 2 heteroatoms. The van der Waals surface area contributed by atoms with E-state index in [1.165, 1.54) is 11.1 Å². The monoisotopic (exact) mass is 216 g/mol. The molecule has 2 nitrogen and oxygen atoms in total. The van der Waals surface area contributed by atoms with Gasteiger partial charge in [0, 0.05) is 5.69 Å². The molecule has 0 fully saturated rings. The fraction of sp³-hybridized carbons (Fsp3) is 0.500. The summed E-state index contributed by atoms with van der Waals surface area (Å²) in [6, 6.07) is 8.47. The van der Waals surface area contributed by atoms with E-state index in [0.717, 1.165) is 12.1 Å². The van der Waals surface area contributed by atoms with Crippen LogP contribution in [0, 0.1) is 31.1 Å². The second kappa shape index (κ2) is 5.55. The van der Waals surface area contributed by atoms with Crippen molar-refractivity contribution in [3.05, 3.63) is 29.3 Å². The Hall–Kier alpha value is -1.49. The molecule has 86 valence electrons. The van der Waals surface area contributed by atoms with Crippen LogP contribution >= 0.6 is 0 Å². The third kappa shape index (κ3) is 3.58. The molecule has 1 aromatic carbocycles. The van der Waals surface area contributed by atoms with Crippen molar-refractivity contribution in [3.63, 3.8) is 0 Å². The van der Waals surface area contributed by atoms with Crippen molar-refractivity contribution in [2.45, 2.75) is 40.2 Å². The van der Waals surface area contributed by atoms with Crippen molar-refractivity contribution in [1.82, 2.24) is 0 Å². The van der Waals surface area contributed by atoms with E-state index < -0.39 is 0 Å². The number of hydrogen-bond acceptors (Lipinski definition) is 2. The van der Waals surface area contributed by atoms with Gasteiger partial charge < -0.3 is 5.32 Å². The molecule has 0 aliphatic heterocycles. The molecule has 1 rings (SSSR count). The van der Waals surface area contributed by atoms with Gasteiger partial charge >= 0.3 is 0 Å². The number of benzene rings is 1. The zero-order valence-electron chi connectivity index (χ0n) is 10.5. The summed E-state index contributed by atoms with van der Waals surface area (Å²) in [4.78, 5) is 0. The van der Waals surface area contributed by atoms with Crippen LogP contribution in [0.2, 0.25) is 0 Å². The van der Waals surface area contributed by atoms with E-state index in [-0.39, 0.29) is 6.04 Å². The predicted molar refractivity (Wildman–Crippen MR) is 68.4 cm³/mol. The van der Waals surface area contributed by atoms with E-state index in [1.54, 1.807) is 0 Å². The summed E-state index contributed by atoms with van der Waals surface area (Å²) in [5.74, 6) is 0.530. The van der Waals surface area contributed by atoms with Gasteiger partial charge in [0.05, 0.1) is 6.07 Å². The number of rotatable bonds is 4. The highest BCUT2D eigenvalue weighted by Crippen LogP contribution is 2.18. The average molecular weight is 216 g/mol. The fourth-order valence-corrected chi connectivity index (χ4v) is 1.78. The zero-order valence-corrected chi connectivity index (χ0v) is 10.5. The summed E-state index contributed by atoms with van der Waals surface area (Å²) < 4.78 is 0. The topological polar surface area (TPSA) is 35.8 Å². The SMILES string of the molecule is Cc1ccc(NC(C#N)CC(C)C)c(C)c1. The first-order valence-corrected chi connectivity index (χ1v) is 5.76. The molecule has 1 unspecified atom stereocenters. The maximum Gasteiger partial charge on any atom is 0.114 e. The minimum Gasteiger partial charge on any atom is -0.370 e. The zero-order chi connectivity index (χ0) is 12.1. The molecule has 0 amide bonds. The van der Waals surface area contributed by atoms with Gasteiger partial charge in [0.15, 0.2) is 0 Å². The lowest BCUT2D eigenvalue weighted by molar-refractivity contribution is 0.568. The quantitative estimate of drug-likeness (QED) is 0.833. The smallest absolute Gasteiger partial charge is 0.114 e. The maximum absolute atomic E-state index is 9.07. The molecular weight excluding hydrogens is 196 g/mol. The Bertz CT molecular complexity index is 388. The van der Waals surface area contributed by atoms with Gasteiger partial charge in [-0.1, -0.05) is 31.5 Å². The van der Waals surface area contributed by atoms with Gasteiger partial charge in [-0.2, -0.15) is 5.26 Å². The maximum atomic E-state index is 9.07. The van der Waals surface area contributed by atoms with Crippen LogP contribution in [0.25, 0.3) is 0 Å². The summed E-state index contributed by atoms with van der Waals surface area (Å²) >= 11 is 0. The highest BCUT2D eigenvalue weighted by Gasteiger charge is 2.10. The molecule has 0 saturated heterocycles. The molecule has 0 spiro atoms. The lowest BCUT2D eigenvalue weighted by Crippen LogP contribution is -2.19. The molecule has 0 bridgehead atoms. The molecule has 1 N–H and O–H groups in total. The second-order valence-electron chi connectivity index (χ2n) is 4.77. The third-order valence-electron chi connectivity index (χ3n) is 2.57. The van der Waals surface area contributed by atoms with Crippen molar-refractivity contribution >= 4 is 5.69 Å². The minimum absolute atomic E-state index is 0.0959. The van der Waals surface area contributed by atoms with Crippen molar-refractivity contribution in [2.24, 2.45) is 5.92 Å². The van der Waals surface area contributed by atoms with Gasteiger partial charge in [-0.05, 0) is 37.8 Å². The lowest BCUT2D eigenvalue weighted by atomic mass is 10.0. The van der Waals surface area contributed by atoms with E-state index in [0.29, 0.717) is 5.92 Å². The van der Waals surface area contributed by atoms with Gasteiger partial charge in [0.1, 0.15) is 6.04 Å². The molecule has 16 heavy (non-hydrogen) atoms. The molecule has 0 aliphatic rings. The number of aryl methyl sites for hydroxylation is 2. The van der Waals surface area contributed by atoms with Crippen molar-refractivity contribution in [2.75, 3.05) is 5.32 Å². The van der Waals surface area contributed by atoms with Crippen LogP contribution in [-0.2, 0) is 0 Å². The first-order valence-electron chi connectivity index (χ1n) is 5.76. The number of hydrogen-bond donors (Lipinski definition) is 1. The average Bonchev–Trinajstić information content (AvgIpc) is 2.20. The van der Waals surface area contributed by atoms with Crippen LogP contribution in [0.1, 0.15) is 31.4 Å². The van der Waals surface area contributed by atoms with Crippen LogP contribution in [0.15, 0.2) is 18.2 Å². The summed E-state index contributed by atoms with van der Waals surface area (Å²) in [5, 5.41) is 12.4. The molecular formula is C14H20N2. The summed E-state index contributed by atoms with van der Waals surface area (Å²) in [7, 11) is 0. The summed E-state index contributed by atoms with van der Waals surface area (Å²) in [5.41, 5.74) is 3.52. The summed E-state index contributed by atoms with van der Waals surface area (Å²) in [6.07, 6.45) is 0.879. The van der Waals surface area contributed by atoms with Crippen molar-refractivity contribution < 1.29 is 0 Å². The Balaban J connectivity index is 2.75. The van der Waals surface area contributed by atoms with Crippen LogP contribution < -0.4 is 5.32 Å². The minimum atomic E-state index is -0.0959. The van der Waals surface area contributed by atoms with Gasteiger partial charge in [0.25, 0.3) is 0 Å². The Labute approximate surface area is 98.3 Å². The van der Waals surface area contributed by atoms with E-state index in [4.69, 9.17) is 5.26 Å². The van der Waals surface area contributed by atoms with Gasteiger partial charge in [0.2, 0.25) is 0 Å². The second-order valence-corrected chi connectivity index (χ2v) is 4.77. The Morgan fingerprint density at radius 3 is 2.50 bits per heavy atom. The first kappa shape index (κ1) is 12.6. The van der Waals surface area contributed by atoms with Crippen LogP contribution in [-0.4, -0.2) is 6.04 Å². The molecule has 0 heterocycles. The van der Waals surface area contributed by atoms with Crippen LogP contribution in [0.3, 0.4) is 0 Å². The van der Waals surface area contributed by atoms with Crippen molar-refractivity contribution in [3.8, 4) is 6.07 Å². The number of anilines is 1. The standard InChI is InChI=1S/C14H20N2/c1-10(2)7-13(9-15)16-14-6-5-11(3)8-12(14)4/h5-6,8,10,13,16H,7H2,1-4H3. The van der Waals surface area contributed by atoms with Crippen molar-refractivity contribution in [1.29, 1.82) is 5.26 Å². The molecule has 1 aromatic rings. The van der Waals surface area contributed by atoms with Crippen LogP contribution in [0.5, 0.6) is 0 Å². The molecule has 1 atom stereocenters. The lowest BCUT2D eigenvalue weighted by Gasteiger charge is -2.16. The number of nitrogens with one attached hydrogen (secondary N) is 1. The van der Waals surface area contributed by atoms with Gasteiger partial charge in [-0.3, -0.25) is 0 Å². The predicted octanol–water partition coefficient (Wildman–Crippen LogP) is 3.65.